The highest BCUT2D eigenvalue weighted by Crippen LogP contribution is 2.09. The van der Waals surface area contributed by atoms with Crippen LogP contribution in [-0.4, -0.2) is 17.6 Å². The molecule has 0 bridgehead atoms. The third-order valence-corrected chi connectivity index (χ3v) is 2.05. The fraction of sp³-hybridized carbons (Fsp3) is 0.182. The summed E-state index contributed by atoms with van der Waals surface area (Å²) in [5.41, 5.74) is 6.85. The molecule has 80 valence electrons. The van der Waals surface area contributed by atoms with Crippen LogP contribution in [0.15, 0.2) is 36.2 Å². The number of carboxylic acids is 1. The highest BCUT2D eigenvalue weighted by molar-refractivity contribution is 5.87. The Kier molecular flexibility index (Phi) is 4.00. The van der Waals surface area contributed by atoms with E-state index in [0.29, 0.717) is 18.3 Å². The molecule has 0 atom stereocenters. The molecule has 15 heavy (non-hydrogen) atoms. The Hall–Kier alpha value is -1.68. The van der Waals surface area contributed by atoms with Crippen LogP contribution >= 0.6 is 0 Å². The van der Waals surface area contributed by atoms with Gasteiger partial charge in [0.15, 0.2) is 0 Å². The molecule has 0 aliphatic carbocycles. The summed E-state index contributed by atoms with van der Waals surface area (Å²) >= 11 is 0. The van der Waals surface area contributed by atoms with Crippen molar-refractivity contribution >= 4 is 5.97 Å². The van der Waals surface area contributed by atoms with E-state index in [1.54, 1.807) is 12.1 Å². The van der Waals surface area contributed by atoms with Gasteiger partial charge in [-0.15, -0.1) is 0 Å². The minimum Gasteiger partial charge on any atom is -0.478 e. The normalized spacial score (nSPS) is 11.5. The summed E-state index contributed by atoms with van der Waals surface area (Å²) < 4.78 is 12.2. The van der Waals surface area contributed by atoms with Gasteiger partial charge in [0.1, 0.15) is 0 Å². The number of rotatable bonds is 4. The summed E-state index contributed by atoms with van der Waals surface area (Å²) in [5, 5.41) is 8.66. The van der Waals surface area contributed by atoms with E-state index in [2.05, 4.69) is 0 Å². The molecule has 0 spiro atoms. The van der Waals surface area contributed by atoms with Crippen molar-refractivity contribution in [1.82, 2.24) is 0 Å². The summed E-state index contributed by atoms with van der Waals surface area (Å²) in [6.45, 7) is 0.164. The third kappa shape index (κ3) is 3.18. The molecule has 0 aliphatic heterocycles. The SMILES string of the molecule is NC/C(=C\F)Cc1ccc(C(=O)O)cc1. The first-order valence-electron chi connectivity index (χ1n) is 4.47. The highest BCUT2D eigenvalue weighted by Gasteiger charge is 2.02. The largest absolute Gasteiger partial charge is 0.478 e. The molecular formula is C11H12FNO2. The van der Waals surface area contributed by atoms with Crippen LogP contribution in [0.1, 0.15) is 15.9 Å². The van der Waals surface area contributed by atoms with Crippen LogP contribution in [0.5, 0.6) is 0 Å². The first-order valence-corrected chi connectivity index (χ1v) is 4.47. The number of nitrogens with two attached hydrogens (primary N) is 1. The zero-order valence-electron chi connectivity index (χ0n) is 8.11. The van der Waals surface area contributed by atoms with E-state index in [-0.39, 0.29) is 12.1 Å². The molecule has 0 fully saturated rings. The fourth-order valence-electron chi connectivity index (χ4n) is 1.18. The second-order valence-corrected chi connectivity index (χ2v) is 3.15. The van der Waals surface area contributed by atoms with Crippen LogP contribution < -0.4 is 5.73 Å². The lowest BCUT2D eigenvalue weighted by atomic mass is 10.0. The van der Waals surface area contributed by atoms with Gasteiger partial charge in [-0.05, 0) is 29.7 Å². The summed E-state index contributed by atoms with van der Waals surface area (Å²) in [6.07, 6.45) is 0.901. The van der Waals surface area contributed by atoms with Gasteiger partial charge in [0.25, 0.3) is 0 Å². The van der Waals surface area contributed by atoms with Gasteiger partial charge >= 0.3 is 5.97 Å². The van der Waals surface area contributed by atoms with Crippen molar-refractivity contribution < 1.29 is 14.3 Å². The van der Waals surface area contributed by atoms with Gasteiger partial charge < -0.3 is 10.8 Å². The van der Waals surface area contributed by atoms with Crippen molar-refractivity contribution in [1.29, 1.82) is 0 Å². The van der Waals surface area contributed by atoms with Gasteiger partial charge in [0.2, 0.25) is 0 Å². The lowest BCUT2D eigenvalue weighted by Gasteiger charge is -2.03. The number of hydrogen-bond donors (Lipinski definition) is 2. The zero-order valence-corrected chi connectivity index (χ0v) is 8.11. The molecule has 0 aliphatic rings. The van der Waals surface area contributed by atoms with Gasteiger partial charge in [-0.3, -0.25) is 0 Å². The summed E-state index contributed by atoms with van der Waals surface area (Å²) in [7, 11) is 0. The Morgan fingerprint density at radius 1 is 1.40 bits per heavy atom. The lowest BCUT2D eigenvalue weighted by molar-refractivity contribution is 0.0697. The molecular weight excluding hydrogens is 197 g/mol. The van der Waals surface area contributed by atoms with E-state index < -0.39 is 5.97 Å². The third-order valence-electron chi connectivity index (χ3n) is 2.05. The molecule has 0 heterocycles. The average Bonchev–Trinajstić information content (AvgIpc) is 2.26. The van der Waals surface area contributed by atoms with Crippen LogP contribution in [0.3, 0.4) is 0 Å². The number of carboxylic acid groups (broad SMARTS) is 1. The molecule has 0 amide bonds. The van der Waals surface area contributed by atoms with E-state index in [9.17, 15) is 9.18 Å². The maximum atomic E-state index is 12.2. The van der Waals surface area contributed by atoms with E-state index in [1.165, 1.54) is 12.1 Å². The monoisotopic (exact) mass is 209 g/mol. The second kappa shape index (κ2) is 5.26. The van der Waals surface area contributed by atoms with Gasteiger partial charge in [0.05, 0.1) is 11.9 Å². The smallest absolute Gasteiger partial charge is 0.335 e. The summed E-state index contributed by atoms with van der Waals surface area (Å²) in [5.74, 6) is -0.971. The van der Waals surface area contributed by atoms with E-state index in [1.807, 2.05) is 0 Å². The molecule has 0 unspecified atom stereocenters. The van der Waals surface area contributed by atoms with Crippen molar-refractivity contribution in [3.63, 3.8) is 0 Å². The number of aromatic carboxylic acids is 1. The van der Waals surface area contributed by atoms with Crippen LogP contribution in [0, 0.1) is 0 Å². The summed E-state index contributed by atoms with van der Waals surface area (Å²) in [4.78, 5) is 10.6. The molecule has 3 N–H and O–H groups in total. The fourth-order valence-corrected chi connectivity index (χ4v) is 1.18. The second-order valence-electron chi connectivity index (χ2n) is 3.15. The van der Waals surface area contributed by atoms with Gasteiger partial charge in [-0.2, -0.15) is 0 Å². The van der Waals surface area contributed by atoms with E-state index in [0.717, 1.165) is 5.56 Å². The minimum atomic E-state index is -0.971. The van der Waals surface area contributed by atoms with Gasteiger partial charge in [-0.25, -0.2) is 9.18 Å². The number of halogens is 1. The molecule has 0 saturated heterocycles. The summed E-state index contributed by atoms with van der Waals surface area (Å²) in [6, 6.07) is 6.29. The molecule has 0 saturated carbocycles. The molecule has 1 aromatic rings. The molecule has 3 nitrogen and oxygen atoms in total. The average molecular weight is 209 g/mol. The van der Waals surface area contributed by atoms with Crippen molar-refractivity contribution in [2.75, 3.05) is 6.54 Å². The maximum Gasteiger partial charge on any atom is 0.335 e. The standard InChI is InChI=1S/C11H12FNO2/c12-6-9(7-13)5-8-1-3-10(4-2-8)11(14)15/h1-4,6H,5,7,13H2,(H,14,15)/b9-6-. The highest BCUT2D eigenvalue weighted by atomic mass is 19.1. The zero-order chi connectivity index (χ0) is 11.3. The van der Waals surface area contributed by atoms with Crippen molar-refractivity contribution in [3.8, 4) is 0 Å². The Morgan fingerprint density at radius 2 is 2.00 bits per heavy atom. The molecule has 1 aromatic carbocycles. The first kappa shape index (κ1) is 11.4. The van der Waals surface area contributed by atoms with E-state index >= 15 is 0 Å². The quantitative estimate of drug-likeness (QED) is 0.793. The van der Waals surface area contributed by atoms with Crippen molar-refractivity contribution in [2.45, 2.75) is 6.42 Å². The van der Waals surface area contributed by atoms with Gasteiger partial charge in [0, 0.05) is 6.54 Å². The maximum absolute atomic E-state index is 12.2. The number of hydrogen-bond acceptors (Lipinski definition) is 2. The van der Waals surface area contributed by atoms with E-state index in [4.69, 9.17) is 10.8 Å². The van der Waals surface area contributed by atoms with Crippen LogP contribution in [0.4, 0.5) is 4.39 Å². The van der Waals surface area contributed by atoms with Crippen molar-refractivity contribution in [3.05, 3.63) is 47.3 Å². The van der Waals surface area contributed by atoms with Gasteiger partial charge in [-0.1, -0.05) is 12.1 Å². The first-order chi connectivity index (χ1) is 7.17. The van der Waals surface area contributed by atoms with Crippen LogP contribution in [0.2, 0.25) is 0 Å². The predicted octanol–water partition coefficient (Wildman–Crippen LogP) is 1.74. The Morgan fingerprint density at radius 3 is 2.40 bits per heavy atom. The number of benzene rings is 1. The molecule has 0 aromatic heterocycles. The minimum absolute atomic E-state index is 0.164. The Balaban J connectivity index is 2.76. The molecule has 4 heteroatoms. The Bertz CT molecular complexity index is 371. The molecule has 1 rings (SSSR count). The Labute approximate surface area is 87.0 Å². The van der Waals surface area contributed by atoms with Crippen LogP contribution in [0.25, 0.3) is 0 Å². The predicted molar refractivity (Wildman–Crippen MR) is 55.4 cm³/mol. The van der Waals surface area contributed by atoms with Crippen molar-refractivity contribution in [2.24, 2.45) is 5.73 Å². The lowest BCUT2D eigenvalue weighted by Crippen LogP contribution is -2.05. The number of carbonyl (C=O) groups is 1. The topological polar surface area (TPSA) is 63.3 Å². The van der Waals surface area contributed by atoms with Crippen LogP contribution in [-0.2, 0) is 6.42 Å². The molecule has 0 radical (unpaired) electrons.